The second-order valence-corrected chi connectivity index (χ2v) is 5.15. The Balaban J connectivity index is 2.18. The molecule has 0 amide bonds. The Morgan fingerprint density at radius 1 is 1.25 bits per heavy atom. The summed E-state index contributed by atoms with van der Waals surface area (Å²) in [7, 11) is 0. The fourth-order valence-electron chi connectivity index (χ4n) is 1.92. The number of hydrogen-bond donors (Lipinski definition) is 1. The molecule has 2 aromatic rings. The molecule has 0 unspecified atom stereocenters. The Labute approximate surface area is 139 Å². The molecular weight excluding hydrogens is 318 g/mol. The zero-order chi connectivity index (χ0) is 17.6. The lowest BCUT2D eigenvalue weighted by Gasteiger charge is -2.14. The number of rotatable bonds is 8. The van der Waals surface area contributed by atoms with Gasteiger partial charge in [-0.2, -0.15) is 8.78 Å². The van der Waals surface area contributed by atoms with E-state index in [1.807, 2.05) is 6.92 Å². The fraction of sp³-hybridized carbons (Fsp3) is 0.438. The molecule has 0 saturated carbocycles. The Morgan fingerprint density at radius 2 is 2.04 bits per heavy atom. The van der Waals surface area contributed by atoms with Gasteiger partial charge >= 0.3 is 5.92 Å². The van der Waals surface area contributed by atoms with Crippen molar-refractivity contribution >= 4 is 11.5 Å². The number of halogens is 2. The predicted octanol–water partition coefficient (Wildman–Crippen LogP) is 3.45. The van der Waals surface area contributed by atoms with Gasteiger partial charge in [0.1, 0.15) is 12.4 Å². The highest BCUT2D eigenvalue weighted by atomic mass is 19.3. The van der Waals surface area contributed by atoms with Gasteiger partial charge in [0.05, 0.1) is 18.5 Å². The Bertz CT molecular complexity index is 677. The highest BCUT2D eigenvalue weighted by Gasteiger charge is 2.28. The number of anilines is 2. The summed E-state index contributed by atoms with van der Waals surface area (Å²) in [5.41, 5.74) is 1.02. The summed E-state index contributed by atoms with van der Waals surface area (Å²) in [6.45, 7) is 5.71. The highest BCUT2D eigenvalue weighted by Crippen LogP contribution is 2.28. The topological polar surface area (TPSA) is 69.2 Å². The van der Waals surface area contributed by atoms with Gasteiger partial charge in [0.2, 0.25) is 5.82 Å². The summed E-state index contributed by atoms with van der Waals surface area (Å²) < 4.78 is 37.8. The molecule has 0 bridgehead atoms. The Kier molecular flexibility index (Phi) is 5.97. The highest BCUT2D eigenvalue weighted by molar-refractivity contribution is 5.63. The lowest BCUT2D eigenvalue weighted by atomic mass is 10.3. The quantitative estimate of drug-likeness (QED) is 0.744. The second kappa shape index (κ2) is 7.96. The van der Waals surface area contributed by atoms with E-state index in [4.69, 9.17) is 9.47 Å². The maximum Gasteiger partial charge on any atom is 0.303 e. The van der Waals surface area contributed by atoms with Crippen molar-refractivity contribution < 1.29 is 18.3 Å². The number of aromatic nitrogens is 3. The third-order valence-corrected chi connectivity index (χ3v) is 2.98. The first-order valence-electron chi connectivity index (χ1n) is 7.55. The van der Waals surface area contributed by atoms with Gasteiger partial charge in [-0.05, 0) is 19.9 Å². The van der Waals surface area contributed by atoms with E-state index in [-0.39, 0.29) is 5.82 Å². The van der Waals surface area contributed by atoms with Crippen molar-refractivity contribution in [1.29, 1.82) is 0 Å². The van der Waals surface area contributed by atoms with Gasteiger partial charge in [-0.1, -0.05) is 0 Å². The Hall–Kier alpha value is -2.35. The Morgan fingerprint density at radius 3 is 2.75 bits per heavy atom. The summed E-state index contributed by atoms with van der Waals surface area (Å²) >= 11 is 0. The SMILES string of the molecule is CCOCCOc1cnccc1Nc1cc(C)nc(C(C)(F)F)n1. The van der Waals surface area contributed by atoms with Gasteiger partial charge in [0.15, 0.2) is 5.75 Å². The molecule has 6 nitrogen and oxygen atoms in total. The van der Waals surface area contributed by atoms with Crippen LogP contribution in [0.2, 0.25) is 0 Å². The molecule has 1 N–H and O–H groups in total. The standard InChI is InChI=1S/C16H20F2N4O2/c1-4-23-7-8-24-13-10-19-6-5-12(13)21-14-9-11(2)20-15(22-14)16(3,17)18/h5-6,9-10H,4,7-8H2,1-3H3,(H,19,20,21,22). The van der Waals surface area contributed by atoms with E-state index in [0.29, 0.717) is 37.0 Å². The molecule has 0 spiro atoms. The van der Waals surface area contributed by atoms with Crippen LogP contribution < -0.4 is 10.1 Å². The minimum Gasteiger partial charge on any atom is -0.487 e. The lowest BCUT2D eigenvalue weighted by molar-refractivity contribution is 0.00766. The van der Waals surface area contributed by atoms with Crippen molar-refractivity contribution in [2.24, 2.45) is 0 Å². The van der Waals surface area contributed by atoms with Crippen LogP contribution in [-0.2, 0) is 10.7 Å². The van der Waals surface area contributed by atoms with Crippen molar-refractivity contribution in [3.63, 3.8) is 0 Å². The zero-order valence-electron chi connectivity index (χ0n) is 13.8. The molecule has 130 valence electrons. The lowest BCUT2D eigenvalue weighted by Crippen LogP contribution is -2.14. The van der Waals surface area contributed by atoms with E-state index in [0.717, 1.165) is 6.92 Å². The van der Waals surface area contributed by atoms with Crippen LogP contribution in [-0.4, -0.2) is 34.8 Å². The summed E-state index contributed by atoms with van der Waals surface area (Å²) in [5.74, 6) is -2.90. The van der Waals surface area contributed by atoms with Crippen molar-refractivity contribution in [3.8, 4) is 5.75 Å². The summed E-state index contributed by atoms with van der Waals surface area (Å²) in [6, 6.07) is 3.26. The van der Waals surface area contributed by atoms with E-state index in [1.54, 1.807) is 25.3 Å². The average Bonchev–Trinajstić information content (AvgIpc) is 2.51. The van der Waals surface area contributed by atoms with Gasteiger partial charge in [-0.15, -0.1) is 0 Å². The van der Waals surface area contributed by atoms with Crippen molar-refractivity contribution in [1.82, 2.24) is 15.0 Å². The molecule has 0 radical (unpaired) electrons. The smallest absolute Gasteiger partial charge is 0.303 e. The summed E-state index contributed by atoms with van der Waals surface area (Å²) in [4.78, 5) is 11.7. The van der Waals surface area contributed by atoms with E-state index in [2.05, 4.69) is 20.3 Å². The van der Waals surface area contributed by atoms with Crippen LogP contribution >= 0.6 is 0 Å². The number of pyridine rings is 1. The first-order valence-corrected chi connectivity index (χ1v) is 7.55. The van der Waals surface area contributed by atoms with E-state index in [9.17, 15) is 8.78 Å². The number of nitrogens with zero attached hydrogens (tertiary/aromatic N) is 3. The maximum atomic E-state index is 13.5. The van der Waals surface area contributed by atoms with Gasteiger partial charge in [-0.3, -0.25) is 4.98 Å². The van der Waals surface area contributed by atoms with E-state index < -0.39 is 11.7 Å². The largest absolute Gasteiger partial charge is 0.487 e. The molecule has 0 atom stereocenters. The minimum absolute atomic E-state index is 0.264. The molecule has 0 aliphatic carbocycles. The molecule has 0 saturated heterocycles. The van der Waals surface area contributed by atoms with Gasteiger partial charge < -0.3 is 14.8 Å². The van der Waals surface area contributed by atoms with Crippen molar-refractivity contribution in [2.45, 2.75) is 26.7 Å². The third-order valence-electron chi connectivity index (χ3n) is 2.98. The summed E-state index contributed by atoms with van der Waals surface area (Å²) in [6.07, 6.45) is 3.11. The molecular formula is C16H20F2N4O2. The summed E-state index contributed by atoms with van der Waals surface area (Å²) in [5, 5.41) is 2.98. The fourth-order valence-corrected chi connectivity index (χ4v) is 1.92. The average molecular weight is 338 g/mol. The van der Waals surface area contributed by atoms with Crippen LogP contribution in [0.3, 0.4) is 0 Å². The minimum atomic E-state index is -3.11. The molecule has 2 aromatic heterocycles. The monoisotopic (exact) mass is 338 g/mol. The number of alkyl halides is 2. The van der Waals surface area contributed by atoms with Crippen molar-refractivity contribution in [2.75, 3.05) is 25.1 Å². The van der Waals surface area contributed by atoms with Crippen LogP contribution in [0.4, 0.5) is 20.3 Å². The van der Waals surface area contributed by atoms with Crippen LogP contribution in [0.25, 0.3) is 0 Å². The normalized spacial score (nSPS) is 11.4. The predicted molar refractivity (Wildman–Crippen MR) is 85.8 cm³/mol. The van der Waals surface area contributed by atoms with Gasteiger partial charge in [0, 0.05) is 31.5 Å². The molecule has 0 aliphatic rings. The van der Waals surface area contributed by atoms with Gasteiger partial charge in [-0.25, -0.2) is 9.97 Å². The van der Waals surface area contributed by atoms with E-state index >= 15 is 0 Å². The second-order valence-electron chi connectivity index (χ2n) is 5.15. The number of nitrogens with one attached hydrogen (secondary N) is 1. The van der Waals surface area contributed by atoms with Crippen LogP contribution in [0, 0.1) is 6.92 Å². The first kappa shape index (κ1) is 18.0. The van der Waals surface area contributed by atoms with Crippen LogP contribution in [0.1, 0.15) is 25.4 Å². The third kappa shape index (κ3) is 5.09. The first-order chi connectivity index (χ1) is 11.4. The number of ether oxygens (including phenoxy) is 2. The molecule has 2 rings (SSSR count). The number of hydrogen-bond acceptors (Lipinski definition) is 6. The van der Waals surface area contributed by atoms with Crippen LogP contribution in [0.15, 0.2) is 24.5 Å². The molecule has 24 heavy (non-hydrogen) atoms. The molecule has 8 heteroatoms. The van der Waals surface area contributed by atoms with Crippen LogP contribution in [0.5, 0.6) is 5.75 Å². The molecule has 0 aromatic carbocycles. The number of aryl methyl sites for hydroxylation is 1. The van der Waals surface area contributed by atoms with E-state index in [1.165, 1.54) is 6.20 Å². The molecule has 2 heterocycles. The van der Waals surface area contributed by atoms with Crippen molar-refractivity contribution in [3.05, 3.63) is 36.0 Å². The maximum absolute atomic E-state index is 13.5. The zero-order valence-corrected chi connectivity index (χ0v) is 13.8. The van der Waals surface area contributed by atoms with Gasteiger partial charge in [0.25, 0.3) is 0 Å². The molecule has 0 aliphatic heterocycles. The molecule has 0 fully saturated rings.